The molecule has 10 heteroatoms. The average molecular weight is 501 g/mol. The zero-order valence-electron chi connectivity index (χ0n) is 23.2. The number of amides is 2. The van der Waals surface area contributed by atoms with Crippen molar-refractivity contribution in [2.45, 2.75) is 111 Å². The third kappa shape index (κ3) is 8.01. The van der Waals surface area contributed by atoms with Crippen LogP contribution in [0.5, 0.6) is 0 Å². The summed E-state index contributed by atoms with van der Waals surface area (Å²) in [7, 11) is -1.21. The zero-order valence-corrected chi connectivity index (χ0v) is 24.2. The van der Waals surface area contributed by atoms with Gasteiger partial charge in [0.05, 0.1) is 19.7 Å². The van der Waals surface area contributed by atoms with Crippen LogP contribution >= 0.6 is 0 Å². The fourth-order valence-electron chi connectivity index (χ4n) is 3.00. The quantitative estimate of drug-likeness (QED) is 0.171. The second-order valence-electron chi connectivity index (χ2n) is 12.2. The molecule has 9 nitrogen and oxygen atoms in total. The molecule has 196 valence electrons. The van der Waals surface area contributed by atoms with E-state index in [9.17, 15) is 14.4 Å². The van der Waals surface area contributed by atoms with Crippen molar-refractivity contribution in [3.05, 3.63) is 11.6 Å². The maximum absolute atomic E-state index is 13.3. The third-order valence-electron chi connectivity index (χ3n) is 5.64. The normalized spacial score (nSPS) is 19.8. The molecule has 0 saturated heterocycles. The van der Waals surface area contributed by atoms with Gasteiger partial charge in [-0.2, -0.15) is 5.06 Å². The summed E-state index contributed by atoms with van der Waals surface area (Å²) < 4.78 is 22.6. The fraction of sp³-hybridized carbons (Fsp3) is 0.792. The molecule has 0 saturated carbocycles. The minimum atomic E-state index is -2.48. The molecular formula is C24H44N2O7Si. The SMILES string of the molecule is COC(=O)[C@@H]1C(C)=C[C@@H](N(O[Si](C)(C)C(C)(C)C)C(=O)OC(C)(C)C)CN1C(=O)OC(C)(C)C. The average Bonchev–Trinajstić information content (AvgIpc) is 2.61. The molecule has 0 unspecified atom stereocenters. The first-order chi connectivity index (χ1) is 15.1. The van der Waals surface area contributed by atoms with Gasteiger partial charge in [-0.15, -0.1) is 0 Å². The highest BCUT2D eigenvalue weighted by molar-refractivity contribution is 6.74. The van der Waals surface area contributed by atoms with Gasteiger partial charge in [-0.25, -0.2) is 14.4 Å². The minimum absolute atomic E-state index is 0.0279. The second-order valence-corrected chi connectivity index (χ2v) is 16.9. The summed E-state index contributed by atoms with van der Waals surface area (Å²) in [4.78, 5) is 40.3. The molecule has 0 fully saturated rings. The molecule has 0 aromatic carbocycles. The number of methoxy groups -OCH3 is 1. The third-order valence-corrected chi connectivity index (χ3v) is 9.91. The number of carbonyl (C=O) groups excluding carboxylic acids is 3. The largest absolute Gasteiger partial charge is 0.467 e. The summed E-state index contributed by atoms with van der Waals surface area (Å²) in [6, 6.07) is -1.66. The Hall–Kier alpha value is -2.07. The first-order valence-corrected chi connectivity index (χ1v) is 14.5. The van der Waals surface area contributed by atoms with Gasteiger partial charge >= 0.3 is 18.2 Å². The number of hydrogen-bond donors (Lipinski definition) is 0. The van der Waals surface area contributed by atoms with Crippen LogP contribution in [0.2, 0.25) is 18.1 Å². The van der Waals surface area contributed by atoms with E-state index in [1.807, 2.05) is 13.1 Å². The highest BCUT2D eigenvalue weighted by Gasteiger charge is 2.46. The van der Waals surface area contributed by atoms with Crippen LogP contribution in [0.25, 0.3) is 0 Å². The number of nitrogens with zero attached hydrogens (tertiary/aromatic N) is 2. The van der Waals surface area contributed by atoms with Crippen molar-refractivity contribution in [3.8, 4) is 0 Å². The predicted molar refractivity (Wildman–Crippen MR) is 133 cm³/mol. The number of rotatable bonds is 4. The van der Waals surface area contributed by atoms with E-state index in [2.05, 4.69) is 20.8 Å². The highest BCUT2D eigenvalue weighted by atomic mass is 28.4. The number of ether oxygens (including phenoxy) is 3. The molecular weight excluding hydrogens is 456 g/mol. The lowest BCUT2D eigenvalue weighted by molar-refractivity contribution is -0.147. The Balaban J connectivity index is 3.52. The topological polar surface area (TPSA) is 94.6 Å². The summed E-state index contributed by atoms with van der Waals surface area (Å²) in [5.74, 6) is -0.591. The Labute approximate surface area is 205 Å². The van der Waals surface area contributed by atoms with Crippen molar-refractivity contribution < 1.29 is 33.1 Å². The molecule has 0 bridgehead atoms. The zero-order chi connectivity index (χ0) is 26.9. The fourth-order valence-corrected chi connectivity index (χ4v) is 3.97. The van der Waals surface area contributed by atoms with E-state index in [1.54, 1.807) is 54.5 Å². The molecule has 2 atom stereocenters. The van der Waals surface area contributed by atoms with Crippen molar-refractivity contribution >= 4 is 26.5 Å². The van der Waals surface area contributed by atoms with Gasteiger partial charge in [-0.1, -0.05) is 26.8 Å². The second kappa shape index (κ2) is 10.3. The summed E-state index contributed by atoms with van der Waals surface area (Å²) in [5, 5.41) is 1.02. The first-order valence-electron chi connectivity index (χ1n) is 11.6. The molecule has 1 heterocycles. The van der Waals surface area contributed by atoms with Crippen molar-refractivity contribution in [2.75, 3.05) is 13.7 Å². The van der Waals surface area contributed by atoms with Crippen LogP contribution in [0, 0.1) is 0 Å². The summed E-state index contributed by atoms with van der Waals surface area (Å²) in [6.07, 6.45) is 0.406. The van der Waals surface area contributed by atoms with E-state index in [1.165, 1.54) is 17.1 Å². The number of esters is 1. The number of hydroxylamine groups is 2. The van der Waals surface area contributed by atoms with Gasteiger partial charge in [-0.05, 0) is 72.2 Å². The molecule has 0 N–H and O–H groups in total. The van der Waals surface area contributed by atoms with Gasteiger partial charge in [0.1, 0.15) is 11.2 Å². The van der Waals surface area contributed by atoms with Crippen LogP contribution in [-0.4, -0.2) is 73.4 Å². The molecule has 1 aliphatic rings. The van der Waals surface area contributed by atoms with Crippen LogP contribution in [-0.2, 0) is 23.5 Å². The molecule has 2 amide bonds. The lowest BCUT2D eigenvalue weighted by Gasteiger charge is -2.45. The Morgan fingerprint density at radius 3 is 1.88 bits per heavy atom. The van der Waals surface area contributed by atoms with E-state index in [0.29, 0.717) is 5.57 Å². The summed E-state index contributed by atoms with van der Waals surface area (Å²) in [6.45, 7) is 22.5. The van der Waals surface area contributed by atoms with Crippen molar-refractivity contribution in [3.63, 3.8) is 0 Å². The molecule has 34 heavy (non-hydrogen) atoms. The molecule has 1 aliphatic heterocycles. The Morgan fingerprint density at radius 1 is 0.971 bits per heavy atom. The molecule has 1 rings (SSSR count). The van der Waals surface area contributed by atoms with E-state index in [4.69, 9.17) is 18.7 Å². The maximum Gasteiger partial charge on any atom is 0.434 e. The predicted octanol–water partition coefficient (Wildman–Crippen LogP) is 5.27. The van der Waals surface area contributed by atoms with Crippen molar-refractivity contribution in [2.24, 2.45) is 0 Å². The number of hydrogen-bond acceptors (Lipinski definition) is 7. The van der Waals surface area contributed by atoms with Crippen LogP contribution in [0.3, 0.4) is 0 Å². The van der Waals surface area contributed by atoms with E-state index in [-0.39, 0.29) is 11.6 Å². The van der Waals surface area contributed by atoms with E-state index in [0.717, 1.165) is 0 Å². The van der Waals surface area contributed by atoms with Crippen molar-refractivity contribution in [1.29, 1.82) is 0 Å². The van der Waals surface area contributed by atoms with Gasteiger partial charge < -0.3 is 18.7 Å². The lowest BCUT2D eigenvalue weighted by Crippen LogP contribution is -2.60. The van der Waals surface area contributed by atoms with Gasteiger partial charge in [0.25, 0.3) is 0 Å². The molecule has 0 spiro atoms. The number of carbonyl (C=O) groups is 3. The Morgan fingerprint density at radius 2 is 1.47 bits per heavy atom. The van der Waals surface area contributed by atoms with E-state index >= 15 is 0 Å². The summed E-state index contributed by atoms with van der Waals surface area (Å²) >= 11 is 0. The monoisotopic (exact) mass is 500 g/mol. The first kappa shape index (κ1) is 30.0. The van der Waals surface area contributed by atoms with Gasteiger partial charge in [0.2, 0.25) is 8.32 Å². The van der Waals surface area contributed by atoms with Crippen molar-refractivity contribution in [1.82, 2.24) is 9.96 Å². The van der Waals surface area contributed by atoms with E-state index < -0.39 is 49.8 Å². The lowest BCUT2D eigenvalue weighted by atomic mass is 9.98. The minimum Gasteiger partial charge on any atom is -0.467 e. The smallest absolute Gasteiger partial charge is 0.434 e. The Bertz CT molecular complexity index is 804. The van der Waals surface area contributed by atoms with Crippen LogP contribution in [0.4, 0.5) is 9.59 Å². The van der Waals surface area contributed by atoms with Crippen LogP contribution in [0.1, 0.15) is 69.2 Å². The van der Waals surface area contributed by atoms with Gasteiger partial charge in [0, 0.05) is 0 Å². The van der Waals surface area contributed by atoms with Crippen LogP contribution < -0.4 is 0 Å². The summed E-state index contributed by atoms with van der Waals surface area (Å²) in [5.41, 5.74) is -0.981. The molecule has 0 aromatic heterocycles. The molecule has 0 aromatic rings. The molecule has 0 radical (unpaired) electrons. The van der Waals surface area contributed by atoms with Gasteiger partial charge in [-0.3, -0.25) is 4.90 Å². The highest BCUT2D eigenvalue weighted by Crippen LogP contribution is 2.38. The standard InChI is InChI=1S/C24H44N2O7Si/c1-16-14-17(15-25(18(16)19(27)30-11)20(28)31-22(2,3)4)26(21(29)32-23(5,6)7)33-34(12,13)24(8,9)10/h14,17-18H,15H2,1-13H3/t17-,18+/m1/s1. The molecule has 0 aliphatic carbocycles. The Kier molecular flexibility index (Phi) is 9.05. The van der Waals surface area contributed by atoms with Gasteiger partial charge in [0.15, 0.2) is 6.04 Å². The van der Waals surface area contributed by atoms with Crippen LogP contribution in [0.15, 0.2) is 11.6 Å². The maximum atomic E-state index is 13.3.